The van der Waals surface area contributed by atoms with E-state index in [9.17, 15) is 17.6 Å². The number of hydrogen-bond donors (Lipinski definition) is 1. The van der Waals surface area contributed by atoms with Gasteiger partial charge in [-0.3, -0.25) is 4.79 Å². The van der Waals surface area contributed by atoms with E-state index in [2.05, 4.69) is 5.32 Å². The van der Waals surface area contributed by atoms with Crippen LogP contribution in [0.2, 0.25) is 5.02 Å². The van der Waals surface area contributed by atoms with Gasteiger partial charge in [0, 0.05) is 19.3 Å². The average molecular weight is 401 g/mol. The highest BCUT2D eigenvalue weighted by atomic mass is 35.5. The first kappa shape index (κ1) is 20.2. The van der Waals surface area contributed by atoms with Crippen LogP contribution in [0.5, 0.6) is 5.75 Å². The summed E-state index contributed by atoms with van der Waals surface area (Å²) in [6.07, 6.45) is 1.14. The van der Waals surface area contributed by atoms with Gasteiger partial charge < -0.3 is 10.1 Å². The number of hydrogen-bond acceptors (Lipinski definition) is 4. The van der Waals surface area contributed by atoms with Crippen molar-refractivity contribution in [3.63, 3.8) is 0 Å². The Kier molecular flexibility index (Phi) is 6.57. The SMILES string of the molecule is CN(Cc1ccc(OCC(=O)Nc2ccc(F)c(Cl)c2)cc1)S(C)(=O)=O. The normalized spacial score (nSPS) is 11.4. The van der Waals surface area contributed by atoms with Gasteiger partial charge >= 0.3 is 0 Å². The number of benzene rings is 2. The minimum atomic E-state index is -3.25. The number of ether oxygens (including phenoxy) is 1. The van der Waals surface area contributed by atoms with Crippen molar-refractivity contribution in [2.24, 2.45) is 0 Å². The molecule has 2 rings (SSSR count). The summed E-state index contributed by atoms with van der Waals surface area (Å²) in [5.74, 6) is -0.529. The molecule has 26 heavy (non-hydrogen) atoms. The van der Waals surface area contributed by atoms with Crippen LogP contribution in [0, 0.1) is 5.82 Å². The van der Waals surface area contributed by atoms with Gasteiger partial charge in [0.1, 0.15) is 11.6 Å². The fraction of sp³-hybridized carbons (Fsp3) is 0.235. The number of nitrogens with one attached hydrogen (secondary N) is 1. The van der Waals surface area contributed by atoms with Crippen molar-refractivity contribution >= 4 is 33.2 Å². The number of anilines is 1. The summed E-state index contributed by atoms with van der Waals surface area (Å²) < 4.78 is 42.5. The maximum atomic E-state index is 13.1. The van der Waals surface area contributed by atoms with Crippen molar-refractivity contribution < 1.29 is 22.3 Å². The quantitative estimate of drug-likeness (QED) is 0.775. The summed E-state index contributed by atoms with van der Waals surface area (Å²) in [4.78, 5) is 11.9. The van der Waals surface area contributed by atoms with E-state index in [-0.39, 0.29) is 18.2 Å². The second kappa shape index (κ2) is 8.48. The van der Waals surface area contributed by atoms with Crippen molar-refractivity contribution in [3.8, 4) is 5.75 Å². The Bertz CT molecular complexity index is 888. The van der Waals surface area contributed by atoms with Crippen LogP contribution < -0.4 is 10.1 Å². The van der Waals surface area contributed by atoms with Gasteiger partial charge in [0.05, 0.1) is 11.3 Å². The predicted octanol–water partition coefficient (Wildman–Crippen LogP) is 2.89. The van der Waals surface area contributed by atoms with E-state index in [1.54, 1.807) is 24.3 Å². The lowest BCUT2D eigenvalue weighted by Crippen LogP contribution is -2.24. The molecule has 0 bridgehead atoms. The molecule has 1 amide bonds. The molecule has 0 atom stereocenters. The minimum Gasteiger partial charge on any atom is -0.484 e. The molecule has 0 aliphatic heterocycles. The van der Waals surface area contributed by atoms with Gasteiger partial charge in [-0.15, -0.1) is 0 Å². The molecule has 0 unspecified atom stereocenters. The van der Waals surface area contributed by atoms with Crippen LogP contribution >= 0.6 is 11.6 Å². The van der Waals surface area contributed by atoms with Gasteiger partial charge in [0.2, 0.25) is 10.0 Å². The van der Waals surface area contributed by atoms with Crippen LogP contribution in [0.15, 0.2) is 42.5 Å². The largest absolute Gasteiger partial charge is 0.484 e. The zero-order valence-electron chi connectivity index (χ0n) is 14.2. The van der Waals surface area contributed by atoms with E-state index in [1.807, 2.05) is 0 Å². The van der Waals surface area contributed by atoms with Gasteiger partial charge in [-0.25, -0.2) is 17.1 Å². The lowest BCUT2D eigenvalue weighted by Gasteiger charge is -2.14. The third-order valence-electron chi connectivity index (χ3n) is 3.47. The first-order valence-corrected chi connectivity index (χ1v) is 9.76. The summed E-state index contributed by atoms with van der Waals surface area (Å²) in [6.45, 7) is 0.00249. The zero-order chi connectivity index (χ0) is 19.3. The maximum absolute atomic E-state index is 13.1. The van der Waals surface area contributed by atoms with E-state index < -0.39 is 21.7 Å². The van der Waals surface area contributed by atoms with Crippen LogP contribution in [0.3, 0.4) is 0 Å². The number of rotatable bonds is 7. The zero-order valence-corrected chi connectivity index (χ0v) is 15.8. The molecule has 2 aromatic rings. The van der Waals surface area contributed by atoms with Crippen LogP contribution in [-0.4, -0.2) is 38.5 Å². The number of carbonyl (C=O) groups is 1. The topological polar surface area (TPSA) is 75.7 Å². The van der Waals surface area contributed by atoms with E-state index in [4.69, 9.17) is 16.3 Å². The molecule has 0 aliphatic rings. The van der Waals surface area contributed by atoms with Crippen molar-refractivity contribution in [2.75, 3.05) is 25.2 Å². The fourth-order valence-corrected chi connectivity index (χ4v) is 2.55. The monoisotopic (exact) mass is 400 g/mol. The molecule has 0 saturated heterocycles. The Morgan fingerprint density at radius 3 is 2.46 bits per heavy atom. The smallest absolute Gasteiger partial charge is 0.262 e. The molecule has 0 saturated carbocycles. The third kappa shape index (κ3) is 5.98. The number of nitrogens with zero attached hydrogens (tertiary/aromatic N) is 1. The molecule has 9 heteroatoms. The first-order valence-electron chi connectivity index (χ1n) is 7.53. The molecular weight excluding hydrogens is 383 g/mol. The molecule has 0 aliphatic carbocycles. The lowest BCUT2D eigenvalue weighted by atomic mass is 10.2. The summed E-state index contributed by atoms with van der Waals surface area (Å²) >= 11 is 5.65. The molecule has 0 radical (unpaired) electrons. The van der Waals surface area contributed by atoms with Crippen LogP contribution in [0.4, 0.5) is 10.1 Å². The average Bonchev–Trinajstić information content (AvgIpc) is 2.57. The third-order valence-corrected chi connectivity index (χ3v) is 5.02. The molecule has 140 valence electrons. The van der Waals surface area contributed by atoms with E-state index in [0.717, 1.165) is 17.9 Å². The second-order valence-corrected chi connectivity index (χ2v) is 8.13. The van der Waals surface area contributed by atoms with Crippen molar-refractivity contribution in [1.82, 2.24) is 4.31 Å². The van der Waals surface area contributed by atoms with Crippen LogP contribution in [-0.2, 0) is 21.4 Å². The Hall–Kier alpha value is -2.16. The van der Waals surface area contributed by atoms with Crippen molar-refractivity contribution in [3.05, 3.63) is 58.9 Å². The molecule has 0 spiro atoms. The standard InChI is InChI=1S/C17H18ClFN2O4S/c1-21(26(2,23)24)10-12-3-6-14(7-4-12)25-11-17(22)20-13-5-8-16(19)15(18)9-13/h3-9H,10-11H2,1-2H3,(H,20,22). The van der Waals surface area contributed by atoms with E-state index in [0.29, 0.717) is 11.4 Å². The fourth-order valence-electron chi connectivity index (χ4n) is 1.99. The number of halogens is 2. The van der Waals surface area contributed by atoms with Crippen molar-refractivity contribution in [1.29, 1.82) is 0 Å². The lowest BCUT2D eigenvalue weighted by molar-refractivity contribution is -0.118. The summed E-state index contributed by atoms with van der Waals surface area (Å²) in [7, 11) is -1.76. The first-order chi connectivity index (χ1) is 12.1. The van der Waals surface area contributed by atoms with Gasteiger partial charge in [-0.2, -0.15) is 0 Å². The predicted molar refractivity (Wildman–Crippen MR) is 98.3 cm³/mol. The van der Waals surface area contributed by atoms with E-state index >= 15 is 0 Å². The van der Waals surface area contributed by atoms with Gasteiger partial charge in [-0.1, -0.05) is 23.7 Å². The van der Waals surface area contributed by atoms with Crippen LogP contribution in [0.25, 0.3) is 0 Å². The highest BCUT2D eigenvalue weighted by Gasteiger charge is 2.11. The Morgan fingerprint density at radius 1 is 1.23 bits per heavy atom. The number of sulfonamides is 1. The minimum absolute atomic E-state index is 0.0848. The number of amides is 1. The summed E-state index contributed by atoms with van der Waals surface area (Å²) in [5.41, 5.74) is 1.15. The summed E-state index contributed by atoms with van der Waals surface area (Å²) in [5, 5.41) is 2.46. The Morgan fingerprint density at radius 2 is 1.88 bits per heavy atom. The molecule has 0 heterocycles. The number of carbonyl (C=O) groups excluding carboxylic acids is 1. The highest BCUT2D eigenvalue weighted by Crippen LogP contribution is 2.19. The van der Waals surface area contributed by atoms with Crippen molar-refractivity contribution in [2.45, 2.75) is 6.54 Å². The Balaban J connectivity index is 1.87. The summed E-state index contributed by atoms with van der Waals surface area (Å²) in [6, 6.07) is 10.6. The molecule has 1 N–H and O–H groups in total. The van der Waals surface area contributed by atoms with E-state index in [1.165, 1.54) is 23.5 Å². The van der Waals surface area contributed by atoms with Gasteiger partial charge in [0.25, 0.3) is 5.91 Å². The molecular formula is C17H18ClFN2O4S. The second-order valence-electron chi connectivity index (χ2n) is 5.63. The highest BCUT2D eigenvalue weighted by molar-refractivity contribution is 7.88. The Labute approximate surface area is 156 Å². The van der Waals surface area contributed by atoms with Gasteiger partial charge in [0.15, 0.2) is 6.61 Å². The molecule has 0 aromatic heterocycles. The molecule has 2 aromatic carbocycles. The van der Waals surface area contributed by atoms with Gasteiger partial charge in [-0.05, 0) is 35.9 Å². The molecule has 0 fully saturated rings. The maximum Gasteiger partial charge on any atom is 0.262 e. The van der Waals surface area contributed by atoms with Crippen LogP contribution in [0.1, 0.15) is 5.56 Å². The molecule has 6 nitrogen and oxygen atoms in total.